The minimum atomic E-state index is 0.00409. The van der Waals surface area contributed by atoms with E-state index in [1.54, 1.807) is 6.07 Å². The monoisotopic (exact) mass is 399 g/mol. The Morgan fingerprint density at radius 1 is 1.11 bits per heavy atom. The Kier molecular flexibility index (Phi) is 6.50. The Balaban J connectivity index is 1.89. The van der Waals surface area contributed by atoms with Crippen molar-refractivity contribution < 1.29 is 5.11 Å². The van der Waals surface area contributed by atoms with Crippen LogP contribution in [0.1, 0.15) is 51.2 Å². The number of likely N-dealkylation sites (tertiary alicyclic amines) is 1. The van der Waals surface area contributed by atoms with Crippen molar-refractivity contribution in [1.82, 2.24) is 4.90 Å². The highest BCUT2D eigenvalue weighted by Gasteiger charge is 2.19. The molecule has 4 nitrogen and oxygen atoms in total. The highest BCUT2D eigenvalue weighted by molar-refractivity contribution is 6.31. The molecule has 2 N–H and O–H groups in total. The molecule has 0 spiro atoms. The molecule has 2 aromatic carbocycles. The van der Waals surface area contributed by atoms with Gasteiger partial charge in [-0.15, -0.1) is 0 Å². The van der Waals surface area contributed by atoms with Gasteiger partial charge >= 0.3 is 0 Å². The van der Waals surface area contributed by atoms with Crippen LogP contribution in [0.4, 0.5) is 5.69 Å². The Hall–Kier alpha value is -2.20. The molecule has 5 heteroatoms. The molecular formula is C23H30ClN3O. The summed E-state index contributed by atoms with van der Waals surface area (Å²) < 4.78 is 0. The maximum Gasteiger partial charge on any atom is 0.198 e. The van der Waals surface area contributed by atoms with Crippen molar-refractivity contribution in [3.8, 4) is 5.75 Å². The van der Waals surface area contributed by atoms with Crippen LogP contribution in [-0.4, -0.2) is 29.1 Å². The molecule has 0 unspecified atom stereocenters. The molecule has 3 rings (SSSR count). The number of piperidine rings is 1. The first-order valence-electron chi connectivity index (χ1n) is 9.98. The Morgan fingerprint density at radius 3 is 2.50 bits per heavy atom. The summed E-state index contributed by atoms with van der Waals surface area (Å²) in [6.07, 6.45) is 3.56. The molecule has 1 heterocycles. The third kappa shape index (κ3) is 5.20. The van der Waals surface area contributed by atoms with E-state index in [2.05, 4.69) is 31.0 Å². The Labute approximate surface area is 173 Å². The number of aromatic hydroxyl groups is 1. The third-order valence-electron chi connectivity index (χ3n) is 5.12. The van der Waals surface area contributed by atoms with Crippen molar-refractivity contribution in [2.75, 3.05) is 18.4 Å². The summed E-state index contributed by atoms with van der Waals surface area (Å²) in [4.78, 5) is 7.11. The Bertz CT molecular complexity index is 836. The number of phenols is 1. The molecule has 0 saturated carbocycles. The summed E-state index contributed by atoms with van der Waals surface area (Å²) >= 11 is 6.31. The van der Waals surface area contributed by atoms with Crippen LogP contribution in [0.25, 0.3) is 0 Å². The van der Waals surface area contributed by atoms with E-state index in [0.29, 0.717) is 12.2 Å². The lowest BCUT2D eigenvalue weighted by molar-refractivity contribution is 0.340. The summed E-state index contributed by atoms with van der Waals surface area (Å²) in [6, 6.07) is 13.5. The number of benzene rings is 2. The molecule has 0 atom stereocenters. The van der Waals surface area contributed by atoms with Gasteiger partial charge in [-0.25, -0.2) is 4.99 Å². The molecular weight excluding hydrogens is 370 g/mol. The van der Waals surface area contributed by atoms with Gasteiger partial charge in [0.25, 0.3) is 0 Å². The lowest BCUT2D eigenvalue weighted by Crippen LogP contribution is -2.40. The van der Waals surface area contributed by atoms with Gasteiger partial charge in [0.05, 0.1) is 12.2 Å². The molecule has 28 heavy (non-hydrogen) atoms. The SMILES string of the molecule is CC(C)(C)c1ccc(O)c(NC(=NCc2ccccc2Cl)N2CCCCC2)c1. The van der Waals surface area contributed by atoms with Crippen molar-refractivity contribution in [2.45, 2.75) is 52.0 Å². The molecule has 2 aromatic rings. The predicted molar refractivity (Wildman–Crippen MR) is 118 cm³/mol. The first-order valence-corrected chi connectivity index (χ1v) is 10.4. The van der Waals surface area contributed by atoms with Crippen LogP contribution in [0.2, 0.25) is 5.02 Å². The molecule has 1 aliphatic heterocycles. The first-order chi connectivity index (χ1) is 13.3. The van der Waals surface area contributed by atoms with Crippen LogP contribution in [0.5, 0.6) is 5.75 Å². The van der Waals surface area contributed by atoms with Gasteiger partial charge in [-0.3, -0.25) is 0 Å². The minimum absolute atomic E-state index is 0.00409. The fraction of sp³-hybridized carbons (Fsp3) is 0.435. The topological polar surface area (TPSA) is 47.9 Å². The number of nitrogens with zero attached hydrogens (tertiary/aromatic N) is 2. The lowest BCUT2D eigenvalue weighted by atomic mass is 9.87. The molecule has 1 saturated heterocycles. The maximum absolute atomic E-state index is 10.4. The van der Waals surface area contributed by atoms with E-state index >= 15 is 0 Å². The minimum Gasteiger partial charge on any atom is -0.506 e. The highest BCUT2D eigenvalue weighted by Crippen LogP contribution is 2.31. The standard InChI is InChI=1S/C23H30ClN3O/c1-23(2,3)18-11-12-21(28)20(15-18)26-22(27-13-7-4-8-14-27)25-16-17-9-5-6-10-19(17)24/h5-6,9-12,15,28H,4,7-8,13-14,16H2,1-3H3,(H,25,26). The normalized spacial score (nSPS) is 15.6. The fourth-order valence-corrected chi connectivity index (χ4v) is 3.53. The lowest BCUT2D eigenvalue weighted by Gasteiger charge is -2.31. The average Bonchev–Trinajstić information content (AvgIpc) is 2.67. The smallest absolute Gasteiger partial charge is 0.198 e. The second-order valence-corrected chi connectivity index (χ2v) is 8.79. The molecule has 0 aromatic heterocycles. The van der Waals surface area contributed by atoms with Gasteiger partial charge in [-0.1, -0.05) is 56.6 Å². The van der Waals surface area contributed by atoms with E-state index in [9.17, 15) is 5.11 Å². The number of aliphatic imine (C=N–C) groups is 1. The van der Waals surface area contributed by atoms with E-state index in [1.807, 2.05) is 36.4 Å². The average molecular weight is 400 g/mol. The van der Waals surface area contributed by atoms with E-state index in [4.69, 9.17) is 16.6 Å². The van der Waals surface area contributed by atoms with Crippen LogP contribution in [0, 0.1) is 0 Å². The van der Waals surface area contributed by atoms with E-state index in [-0.39, 0.29) is 11.2 Å². The van der Waals surface area contributed by atoms with Gasteiger partial charge in [0.2, 0.25) is 0 Å². The van der Waals surface area contributed by atoms with Gasteiger partial charge in [-0.05, 0) is 54.0 Å². The van der Waals surface area contributed by atoms with Crippen molar-refractivity contribution in [3.63, 3.8) is 0 Å². The second kappa shape index (κ2) is 8.87. The van der Waals surface area contributed by atoms with Crippen LogP contribution in [0.3, 0.4) is 0 Å². The largest absolute Gasteiger partial charge is 0.506 e. The van der Waals surface area contributed by atoms with Crippen LogP contribution in [0.15, 0.2) is 47.5 Å². The summed E-state index contributed by atoms with van der Waals surface area (Å²) in [5.41, 5.74) is 2.85. The van der Waals surface area contributed by atoms with Crippen molar-refractivity contribution in [1.29, 1.82) is 0 Å². The Morgan fingerprint density at radius 2 is 1.82 bits per heavy atom. The zero-order valence-electron chi connectivity index (χ0n) is 17.0. The van der Waals surface area contributed by atoms with Crippen LogP contribution >= 0.6 is 11.6 Å². The van der Waals surface area contributed by atoms with E-state index < -0.39 is 0 Å². The molecule has 0 bridgehead atoms. The van der Waals surface area contributed by atoms with Crippen molar-refractivity contribution >= 4 is 23.2 Å². The molecule has 1 fully saturated rings. The van der Waals surface area contributed by atoms with Gasteiger partial charge in [0.1, 0.15) is 5.75 Å². The second-order valence-electron chi connectivity index (χ2n) is 8.39. The predicted octanol–water partition coefficient (Wildman–Crippen LogP) is 5.80. The van der Waals surface area contributed by atoms with Crippen molar-refractivity contribution in [2.24, 2.45) is 4.99 Å². The van der Waals surface area contributed by atoms with Crippen LogP contribution < -0.4 is 5.32 Å². The number of hydrogen-bond donors (Lipinski definition) is 2. The molecule has 0 radical (unpaired) electrons. The number of anilines is 1. The van der Waals surface area contributed by atoms with Crippen molar-refractivity contribution in [3.05, 3.63) is 58.6 Å². The fourth-order valence-electron chi connectivity index (χ4n) is 3.33. The van der Waals surface area contributed by atoms with Gasteiger partial charge in [0.15, 0.2) is 5.96 Å². The van der Waals surface area contributed by atoms with Crippen LogP contribution in [-0.2, 0) is 12.0 Å². The van der Waals surface area contributed by atoms with Gasteiger partial charge in [-0.2, -0.15) is 0 Å². The zero-order chi connectivity index (χ0) is 20.1. The number of phenolic OH excluding ortho intramolecular Hbond substituents is 1. The summed E-state index contributed by atoms with van der Waals surface area (Å²) in [5, 5.41) is 14.5. The van der Waals surface area contributed by atoms with Gasteiger partial charge in [0, 0.05) is 18.1 Å². The number of halogens is 1. The maximum atomic E-state index is 10.4. The first kappa shape index (κ1) is 20.5. The molecule has 0 amide bonds. The molecule has 1 aliphatic rings. The number of rotatable bonds is 3. The van der Waals surface area contributed by atoms with E-state index in [0.717, 1.165) is 48.0 Å². The number of nitrogens with one attached hydrogen (secondary N) is 1. The number of guanidine groups is 1. The van der Waals surface area contributed by atoms with Gasteiger partial charge < -0.3 is 15.3 Å². The zero-order valence-corrected chi connectivity index (χ0v) is 17.8. The molecule has 0 aliphatic carbocycles. The quantitative estimate of drug-likeness (QED) is 0.389. The summed E-state index contributed by atoms with van der Waals surface area (Å²) in [7, 11) is 0. The highest BCUT2D eigenvalue weighted by atomic mass is 35.5. The molecule has 150 valence electrons. The third-order valence-corrected chi connectivity index (χ3v) is 5.49. The van der Waals surface area contributed by atoms with E-state index in [1.165, 1.54) is 6.42 Å². The summed E-state index contributed by atoms with van der Waals surface area (Å²) in [5.74, 6) is 1.02. The summed E-state index contributed by atoms with van der Waals surface area (Å²) in [6.45, 7) is 8.93. The number of hydrogen-bond acceptors (Lipinski definition) is 2.